The predicted molar refractivity (Wildman–Crippen MR) is 63.8 cm³/mol. The van der Waals surface area contributed by atoms with Gasteiger partial charge >= 0.3 is 5.97 Å². The molecule has 90 valence electrons. The second-order valence-corrected chi connectivity index (χ2v) is 4.44. The number of hydrogen-bond acceptors (Lipinski definition) is 2. The molecule has 0 amide bonds. The third-order valence-electron chi connectivity index (χ3n) is 3.09. The molecule has 0 N–H and O–H groups in total. The van der Waals surface area contributed by atoms with Crippen LogP contribution >= 0.6 is 0 Å². The van der Waals surface area contributed by atoms with Crippen LogP contribution in [0.2, 0.25) is 0 Å². The van der Waals surface area contributed by atoms with Crippen molar-refractivity contribution < 1.29 is 9.53 Å². The Hall–Kier alpha value is -0.530. The summed E-state index contributed by atoms with van der Waals surface area (Å²) in [7, 11) is 0. The quantitative estimate of drug-likeness (QED) is 0.449. The molecule has 0 saturated carbocycles. The van der Waals surface area contributed by atoms with Gasteiger partial charge in [0.1, 0.15) is 5.60 Å². The van der Waals surface area contributed by atoms with Crippen LogP contribution in [0.1, 0.15) is 72.6 Å². The van der Waals surface area contributed by atoms with Crippen molar-refractivity contribution in [3.63, 3.8) is 0 Å². The second kappa shape index (κ2) is 7.72. The normalized spacial score (nSPS) is 11.5. The maximum atomic E-state index is 11.5. The molecule has 0 atom stereocenters. The van der Waals surface area contributed by atoms with Crippen LogP contribution in [0.4, 0.5) is 0 Å². The molecule has 0 heterocycles. The number of rotatable bonds is 8. The monoisotopic (exact) mass is 214 g/mol. The van der Waals surface area contributed by atoms with Crippen molar-refractivity contribution in [1.82, 2.24) is 0 Å². The zero-order valence-corrected chi connectivity index (χ0v) is 10.8. The fourth-order valence-electron chi connectivity index (χ4n) is 1.42. The fourth-order valence-corrected chi connectivity index (χ4v) is 1.42. The van der Waals surface area contributed by atoms with Crippen LogP contribution < -0.4 is 0 Å². The lowest BCUT2D eigenvalue weighted by atomic mass is 10.00. The lowest BCUT2D eigenvalue weighted by molar-refractivity contribution is -0.158. The molecule has 0 aromatic rings. The minimum Gasteiger partial charge on any atom is -0.459 e. The molecule has 0 aliphatic rings. The number of carbonyl (C=O) groups excluding carboxylic acids is 1. The van der Waals surface area contributed by atoms with Gasteiger partial charge in [0, 0.05) is 6.42 Å². The van der Waals surface area contributed by atoms with Gasteiger partial charge < -0.3 is 4.74 Å². The van der Waals surface area contributed by atoms with Crippen LogP contribution in [0.15, 0.2) is 0 Å². The standard InChI is InChI=1S/C13H26O2/c1-5-8-9-10-11-12(14)15-13(4,6-2)7-3/h5-11H2,1-4H3. The summed E-state index contributed by atoms with van der Waals surface area (Å²) in [6, 6.07) is 0. The van der Waals surface area contributed by atoms with Crippen molar-refractivity contribution in [3.05, 3.63) is 0 Å². The highest BCUT2D eigenvalue weighted by atomic mass is 16.6. The number of carbonyl (C=O) groups is 1. The van der Waals surface area contributed by atoms with Crippen LogP contribution in [-0.2, 0) is 9.53 Å². The molecule has 0 spiro atoms. The van der Waals surface area contributed by atoms with Gasteiger partial charge in [-0.1, -0.05) is 40.0 Å². The van der Waals surface area contributed by atoms with E-state index in [0.717, 1.165) is 25.7 Å². The molecule has 0 aromatic heterocycles. The van der Waals surface area contributed by atoms with Crippen LogP contribution in [0, 0.1) is 0 Å². The minimum atomic E-state index is -0.248. The van der Waals surface area contributed by atoms with Gasteiger partial charge in [0.2, 0.25) is 0 Å². The molecular formula is C13H26O2. The third kappa shape index (κ3) is 6.53. The fraction of sp³-hybridized carbons (Fsp3) is 0.923. The summed E-state index contributed by atoms with van der Waals surface area (Å²) in [5, 5.41) is 0. The maximum absolute atomic E-state index is 11.5. The Morgan fingerprint density at radius 1 is 1.07 bits per heavy atom. The molecule has 0 unspecified atom stereocenters. The molecule has 15 heavy (non-hydrogen) atoms. The highest BCUT2D eigenvalue weighted by Crippen LogP contribution is 2.20. The van der Waals surface area contributed by atoms with E-state index in [1.807, 2.05) is 6.92 Å². The summed E-state index contributed by atoms with van der Waals surface area (Å²) in [6.45, 7) is 8.31. The Morgan fingerprint density at radius 3 is 2.13 bits per heavy atom. The molecule has 0 fully saturated rings. The van der Waals surface area contributed by atoms with Crippen molar-refractivity contribution in [1.29, 1.82) is 0 Å². The average molecular weight is 214 g/mol. The van der Waals surface area contributed by atoms with Gasteiger partial charge in [0.15, 0.2) is 0 Å². The van der Waals surface area contributed by atoms with Crippen molar-refractivity contribution >= 4 is 5.97 Å². The van der Waals surface area contributed by atoms with E-state index >= 15 is 0 Å². The summed E-state index contributed by atoms with van der Waals surface area (Å²) in [6.07, 6.45) is 6.89. The molecule has 0 aliphatic carbocycles. The molecule has 0 aromatic carbocycles. The Morgan fingerprint density at radius 2 is 1.67 bits per heavy atom. The number of unbranched alkanes of at least 4 members (excludes halogenated alkanes) is 3. The van der Waals surface area contributed by atoms with Crippen LogP contribution in [0.5, 0.6) is 0 Å². The van der Waals surface area contributed by atoms with E-state index < -0.39 is 0 Å². The molecule has 2 nitrogen and oxygen atoms in total. The first kappa shape index (κ1) is 14.5. The lowest BCUT2D eigenvalue weighted by Crippen LogP contribution is -2.29. The van der Waals surface area contributed by atoms with E-state index in [2.05, 4.69) is 20.8 Å². The van der Waals surface area contributed by atoms with E-state index in [0.29, 0.717) is 6.42 Å². The van der Waals surface area contributed by atoms with Crippen molar-refractivity contribution in [3.8, 4) is 0 Å². The van der Waals surface area contributed by atoms with Crippen molar-refractivity contribution in [2.75, 3.05) is 0 Å². The third-order valence-corrected chi connectivity index (χ3v) is 3.09. The lowest BCUT2D eigenvalue weighted by Gasteiger charge is -2.26. The Balaban J connectivity index is 3.72. The van der Waals surface area contributed by atoms with Crippen LogP contribution in [0.3, 0.4) is 0 Å². The SMILES string of the molecule is CCCCCCC(=O)OC(C)(CC)CC. The van der Waals surface area contributed by atoms with Gasteiger partial charge in [-0.15, -0.1) is 0 Å². The molecule has 2 heteroatoms. The molecule has 0 aliphatic heterocycles. The van der Waals surface area contributed by atoms with Crippen LogP contribution in [-0.4, -0.2) is 11.6 Å². The molecule has 0 saturated heterocycles. The van der Waals surface area contributed by atoms with Crippen molar-refractivity contribution in [2.24, 2.45) is 0 Å². The van der Waals surface area contributed by atoms with Gasteiger partial charge in [-0.25, -0.2) is 0 Å². The molecule has 0 bridgehead atoms. The van der Waals surface area contributed by atoms with E-state index in [1.165, 1.54) is 12.8 Å². The topological polar surface area (TPSA) is 26.3 Å². The molecule has 0 radical (unpaired) electrons. The molecule has 0 rings (SSSR count). The van der Waals surface area contributed by atoms with E-state index in [-0.39, 0.29) is 11.6 Å². The highest BCUT2D eigenvalue weighted by molar-refractivity contribution is 5.69. The van der Waals surface area contributed by atoms with Gasteiger partial charge in [-0.2, -0.15) is 0 Å². The summed E-state index contributed by atoms with van der Waals surface area (Å²) in [4.78, 5) is 11.5. The zero-order chi connectivity index (χ0) is 11.7. The predicted octanol–water partition coefficient (Wildman–Crippen LogP) is 4.08. The summed E-state index contributed by atoms with van der Waals surface area (Å²) >= 11 is 0. The first-order valence-electron chi connectivity index (χ1n) is 6.29. The van der Waals surface area contributed by atoms with E-state index in [4.69, 9.17) is 4.74 Å². The van der Waals surface area contributed by atoms with E-state index in [9.17, 15) is 4.79 Å². The molecular weight excluding hydrogens is 188 g/mol. The number of hydrogen-bond donors (Lipinski definition) is 0. The summed E-state index contributed by atoms with van der Waals surface area (Å²) in [5.74, 6) is -0.0303. The van der Waals surface area contributed by atoms with Gasteiger partial charge in [0.25, 0.3) is 0 Å². The Kier molecular flexibility index (Phi) is 7.45. The second-order valence-electron chi connectivity index (χ2n) is 4.44. The number of esters is 1. The average Bonchev–Trinajstić information content (AvgIpc) is 2.24. The first-order valence-corrected chi connectivity index (χ1v) is 6.29. The highest BCUT2D eigenvalue weighted by Gasteiger charge is 2.23. The van der Waals surface area contributed by atoms with Crippen molar-refractivity contribution in [2.45, 2.75) is 78.2 Å². The largest absolute Gasteiger partial charge is 0.459 e. The summed E-state index contributed by atoms with van der Waals surface area (Å²) < 4.78 is 5.48. The maximum Gasteiger partial charge on any atom is 0.306 e. The van der Waals surface area contributed by atoms with E-state index in [1.54, 1.807) is 0 Å². The first-order chi connectivity index (χ1) is 7.08. The van der Waals surface area contributed by atoms with Crippen LogP contribution in [0.25, 0.3) is 0 Å². The van der Waals surface area contributed by atoms with Gasteiger partial charge in [0.05, 0.1) is 0 Å². The minimum absolute atomic E-state index is 0.0303. The van der Waals surface area contributed by atoms with Gasteiger partial charge in [-0.3, -0.25) is 4.79 Å². The zero-order valence-electron chi connectivity index (χ0n) is 10.8. The number of ether oxygens (including phenoxy) is 1. The Labute approximate surface area is 94.4 Å². The van der Waals surface area contributed by atoms with Gasteiger partial charge in [-0.05, 0) is 26.2 Å². The summed E-state index contributed by atoms with van der Waals surface area (Å²) in [5.41, 5.74) is -0.248. The smallest absolute Gasteiger partial charge is 0.306 e. The Bertz CT molecular complexity index is 171.